The van der Waals surface area contributed by atoms with E-state index in [-0.39, 0.29) is 0 Å². The molecular formula is C11H17FN2. The number of pyridine rings is 1. The average molecular weight is 196 g/mol. The quantitative estimate of drug-likeness (QED) is 0.803. The molecular weight excluding hydrogens is 179 g/mol. The first kappa shape index (κ1) is 11.1. The van der Waals surface area contributed by atoms with Crippen LogP contribution in [0.25, 0.3) is 0 Å². The number of hydrogen-bond donors (Lipinski definition) is 1. The first-order chi connectivity index (χ1) is 6.47. The molecule has 0 spiro atoms. The van der Waals surface area contributed by atoms with Crippen LogP contribution in [0.4, 0.5) is 4.39 Å². The molecule has 0 aliphatic heterocycles. The van der Waals surface area contributed by atoms with Crippen LogP contribution < -0.4 is 5.32 Å². The van der Waals surface area contributed by atoms with Gasteiger partial charge in [0.25, 0.3) is 0 Å². The normalized spacial score (nSPS) is 14.1. The summed E-state index contributed by atoms with van der Waals surface area (Å²) in [6.07, 6.45) is 2.26. The van der Waals surface area contributed by atoms with Crippen molar-refractivity contribution in [3.05, 3.63) is 29.6 Å². The Bertz CT molecular complexity index is 310. The van der Waals surface area contributed by atoms with Crippen molar-refractivity contribution in [1.82, 2.24) is 10.3 Å². The van der Waals surface area contributed by atoms with Gasteiger partial charge in [-0.25, -0.2) is 4.39 Å². The van der Waals surface area contributed by atoms with Crippen LogP contribution in [0.2, 0.25) is 0 Å². The fourth-order valence-corrected chi connectivity index (χ4v) is 1.26. The van der Waals surface area contributed by atoms with Crippen LogP contribution in [0.1, 0.15) is 31.1 Å². The van der Waals surface area contributed by atoms with Crippen LogP contribution in [0, 0.1) is 6.92 Å². The Morgan fingerprint density at radius 2 is 2.07 bits per heavy atom. The van der Waals surface area contributed by atoms with E-state index in [9.17, 15) is 4.39 Å². The molecule has 1 rings (SSSR count). The Labute approximate surface area is 84.6 Å². The lowest BCUT2D eigenvalue weighted by molar-refractivity contribution is 0.190. The molecule has 1 aromatic heterocycles. The van der Waals surface area contributed by atoms with E-state index >= 15 is 0 Å². The van der Waals surface area contributed by atoms with E-state index in [2.05, 4.69) is 10.3 Å². The summed E-state index contributed by atoms with van der Waals surface area (Å²) >= 11 is 0. The van der Waals surface area contributed by atoms with Crippen molar-refractivity contribution < 1.29 is 4.39 Å². The van der Waals surface area contributed by atoms with Crippen molar-refractivity contribution in [2.75, 3.05) is 7.05 Å². The minimum absolute atomic E-state index is 0.560. The van der Waals surface area contributed by atoms with Crippen molar-refractivity contribution >= 4 is 0 Å². The second-order valence-corrected chi connectivity index (χ2v) is 4.13. The third-order valence-corrected chi connectivity index (χ3v) is 2.47. The molecule has 0 aromatic carbocycles. The third kappa shape index (κ3) is 2.29. The Kier molecular flexibility index (Phi) is 3.21. The van der Waals surface area contributed by atoms with Gasteiger partial charge in [-0.3, -0.25) is 4.98 Å². The van der Waals surface area contributed by atoms with Gasteiger partial charge in [0.15, 0.2) is 0 Å². The maximum atomic E-state index is 14.0. The highest BCUT2D eigenvalue weighted by molar-refractivity contribution is 5.21. The number of halogens is 1. The van der Waals surface area contributed by atoms with Crippen molar-refractivity contribution in [3.63, 3.8) is 0 Å². The standard InChI is InChI=1S/C11H17FN2/c1-8-5-9(7-14-6-8)10(12)11(2,3)13-4/h5-7,10,13H,1-4H3. The summed E-state index contributed by atoms with van der Waals surface area (Å²) in [5.41, 5.74) is 1.05. The van der Waals surface area contributed by atoms with Gasteiger partial charge in [-0.05, 0) is 33.4 Å². The monoisotopic (exact) mass is 196 g/mol. The maximum absolute atomic E-state index is 14.0. The minimum Gasteiger partial charge on any atom is -0.312 e. The van der Waals surface area contributed by atoms with Crippen LogP contribution in [-0.4, -0.2) is 17.6 Å². The second kappa shape index (κ2) is 4.05. The highest BCUT2D eigenvalue weighted by Gasteiger charge is 2.29. The van der Waals surface area contributed by atoms with Gasteiger partial charge in [0.05, 0.1) is 0 Å². The summed E-state index contributed by atoms with van der Waals surface area (Å²) in [5, 5.41) is 2.96. The summed E-state index contributed by atoms with van der Waals surface area (Å²) in [6, 6.07) is 1.83. The molecule has 1 aromatic rings. The summed E-state index contributed by atoms with van der Waals surface area (Å²) in [6.45, 7) is 5.58. The van der Waals surface area contributed by atoms with Crippen LogP contribution in [0.15, 0.2) is 18.5 Å². The number of aryl methyl sites for hydroxylation is 1. The molecule has 0 radical (unpaired) electrons. The molecule has 78 valence electrons. The number of likely N-dealkylation sites (N-methyl/N-ethyl adjacent to an activating group) is 1. The van der Waals surface area contributed by atoms with Crippen molar-refractivity contribution in [2.45, 2.75) is 32.5 Å². The SMILES string of the molecule is CNC(C)(C)C(F)c1cncc(C)c1. The van der Waals surface area contributed by atoms with Crippen molar-refractivity contribution in [2.24, 2.45) is 0 Å². The largest absolute Gasteiger partial charge is 0.312 e. The molecule has 1 unspecified atom stereocenters. The number of nitrogens with zero attached hydrogens (tertiary/aromatic N) is 1. The fourth-order valence-electron chi connectivity index (χ4n) is 1.26. The van der Waals surface area contributed by atoms with Gasteiger partial charge >= 0.3 is 0 Å². The number of rotatable bonds is 3. The molecule has 0 aliphatic carbocycles. The summed E-state index contributed by atoms with van der Waals surface area (Å²) in [7, 11) is 1.76. The molecule has 0 fully saturated rings. The zero-order valence-electron chi connectivity index (χ0n) is 9.13. The van der Waals surface area contributed by atoms with Gasteiger partial charge in [-0.15, -0.1) is 0 Å². The van der Waals surface area contributed by atoms with Crippen LogP contribution >= 0.6 is 0 Å². The summed E-state index contributed by atoms with van der Waals surface area (Å²) in [5.74, 6) is 0. The van der Waals surface area contributed by atoms with E-state index in [4.69, 9.17) is 0 Å². The maximum Gasteiger partial charge on any atom is 0.144 e. The molecule has 1 atom stereocenters. The summed E-state index contributed by atoms with van der Waals surface area (Å²) < 4.78 is 14.0. The van der Waals surface area contributed by atoms with Gasteiger partial charge in [0.1, 0.15) is 6.17 Å². The smallest absolute Gasteiger partial charge is 0.144 e. The number of nitrogens with one attached hydrogen (secondary N) is 1. The molecule has 14 heavy (non-hydrogen) atoms. The van der Waals surface area contributed by atoms with Crippen LogP contribution in [0.3, 0.4) is 0 Å². The van der Waals surface area contributed by atoms with Gasteiger partial charge in [0, 0.05) is 23.5 Å². The molecule has 0 saturated heterocycles. The predicted octanol–water partition coefficient (Wildman–Crippen LogP) is 2.40. The van der Waals surface area contributed by atoms with Crippen LogP contribution in [-0.2, 0) is 0 Å². The summed E-state index contributed by atoms with van der Waals surface area (Å²) in [4.78, 5) is 3.99. The average Bonchev–Trinajstić information content (AvgIpc) is 2.16. The van der Waals surface area contributed by atoms with Gasteiger partial charge < -0.3 is 5.32 Å². The van der Waals surface area contributed by atoms with Crippen molar-refractivity contribution in [3.8, 4) is 0 Å². The first-order valence-corrected chi connectivity index (χ1v) is 4.72. The highest BCUT2D eigenvalue weighted by Crippen LogP contribution is 2.28. The second-order valence-electron chi connectivity index (χ2n) is 4.13. The first-order valence-electron chi connectivity index (χ1n) is 4.72. The topological polar surface area (TPSA) is 24.9 Å². The van der Waals surface area contributed by atoms with Gasteiger partial charge in [-0.1, -0.05) is 6.07 Å². The Balaban J connectivity index is 2.94. The Morgan fingerprint density at radius 1 is 1.43 bits per heavy atom. The molecule has 3 heteroatoms. The fraction of sp³-hybridized carbons (Fsp3) is 0.545. The molecule has 0 amide bonds. The minimum atomic E-state index is -1.04. The molecule has 0 saturated carbocycles. The van der Waals surface area contributed by atoms with Gasteiger partial charge in [0.2, 0.25) is 0 Å². The van der Waals surface area contributed by atoms with E-state index in [1.165, 1.54) is 0 Å². The number of alkyl halides is 1. The third-order valence-electron chi connectivity index (χ3n) is 2.47. The van der Waals surface area contributed by atoms with E-state index in [1.54, 1.807) is 19.4 Å². The van der Waals surface area contributed by atoms with E-state index in [1.807, 2.05) is 26.8 Å². The van der Waals surface area contributed by atoms with Crippen LogP contribution in [0.5, 0.6) is 0 Å². The molecule has 0 aliphatic rings. The lowest BCUT2D eigenvalue weighted by Crippen LogP contribution is -2.40. The molecule has 0 bridgehead atoms. The lowest BCUT2D eigenvalue weighted by atomic mass is 9.93. The van der Waals surface area contributed by atoms with E-state index in [0.29, 0.717) is 5.56 Å². The van der Waals surface area contributed by atoms with E-state index < -0.39 is 11.7 Å². The highest BCUT2D eigenvalue weighted by atomic mass is 19.1. The Morgan fingerprint density at radius 3 is 2.57 bits per heavy atom. The number of hydrogen-bond acceptors (Lipinski definition) is 2. The lowest BCUT2D eigenvalue weighted by Gasteiger charge is -2.28. The number of aromatic nitrogens is 1. The molecule has 1 N–H and O–H groups in total. The zero-order valence-corrected chi connectivity index (χ0v) is 9.13. The molecule has 2 nitrogen and oxygen atoms in total. The predicted molar refractivity (Wildman–Crippen MR) is 56.0 cm³/mol. The Hall–Kier alpha value is -0.960. The van der Waals surface area contributed by atoms with Gasteiger partial charge in [-0.2, -0.15) is 0 Å². The van der Waals surface area contributed by atoms with E-state index in [0.717, 1.165) is 5.56 Å². The molecule has 1 heterocycles. The zero-order chi connectivity index (χ0) is 10.8. The van der Waals surface area contributed by atoms with Crippen molar-refractivity contribution in [1.29, 1.82) is 0 Å².